The topological polar surface area (TPSA) is 83.8 Å². The highest BCUT2D eigenvalue weighted by Gasteiger charge is 2.11. The number of amides is 1. The zero-order valence-corrected chi connectivity index (χ0v) is 9.70. The van der Waals surface area contributed by atoms with Crippen LogP contribution in [0.5, 0.6) is 0 Å². The monoisotopic (exact) mass is 224 g/mol. The molecule has 1 rings (SSSR count). The quantitative estimate of drug-likeness (QED) is 0.628. The van der Waals surface area contributed by atoms with E-state index in [0.29, 0.717) is 13.1 Å². The van der Waals surface area contributed by atoms with Crippen molar-refractivity contribution in [3.8, 4) is 0 Å². The molecule has 0 aliphatic heterocycles. The maximum Gasteiger partial charge on any atom is 0.222 e. The molecule has 1 heterocycles. The van der Waals surface area contributed by atoms with Crippen molar-refractivity contribution in [2.75, 3.05) is 13.1 Å². The molecule has 5 nitrogen and oxygen atoms in total. The summed E-state index contributed by atoms with van der Waals surface area (Å²) in [5, 5.41) is 2.89. The Balaban J connectivity index is 2.14. The second kappa shape index (κ2) is 7.00. The molecule has 1 atom stereocenters. The summed E-state index contributed by atoms with van der Waals surface area (Å²) in [7, 11) is 0. The van der Waals surface area contributed by atoms with Crippen molar-refractivity contribution in [3.05, 3.63) is 18.2 Å². The highest BCUT2D eigenvalue weighted by Crippen LogP contribution is 2.04. The molecule has 0 aliphatic rings. The van der Waals surface area contributed by atoms with Gasteiger partial charge in [0.15, 0.2) is 0 Å². The highest BCUT2D eigenvalue weighted by molar-refractivity contribution is 5.78. The Morgan fingerprint density at radius 1 is 1.69 bits per heavy atom. The van der Waals surface area contributed by atoms with Crippen LogP contribution in [0.2, 0.25) is 0 Å². The van der Waals surface area contributed by atoms with Crippen LogP contribution in [-0.4, -0.2) is 29.0 Å². The number of aromatic amines is 1. The first-order valence-corrected chi connectivity index (χ1v) is 5.70. The second-order valence-electron chi connectivity index (χ2n) is 3.91. The van der Waals surface area contributed by atoms with Gasteiger partial charge in [0.05, 0.1) is 0 Å². The minimum atomic E-state index is 0.0418. The van der Waals surface area contributed by atoms with Crippen molar-refractivity contribution in [2.45, 2.75) is 26.2 Å². The highest BCUT2D eigenvalue weighted by atomic mass is 16.1. The minimum absolute atomic E-state index is 0.0418. The average Bonchev–Trinajstić information content (AvgIpc) is 2.78. The summed E-state index contributed by atoms with van der Waals surface area (Å²) < 4.78 is 0. The Hall–Kier alpha value is -1.36. The number of imidazole rings is 1. The Morgan fingerprint density at radius 3 is 3.12 bits per heavy atom. The molecular weight excluding hydrogens is 204 g/mol. The molecule has 5 heteroatoms. The number of rotatable bonds is 7. The molecular formula is C11H20N4O. The lowest BCUT2D eigenvalue weighted by atomic mass is 10.1. The van der Waals surface area contributed by atoms with Crippen LogP contribution in [0.1, 0.15) is 25.6 Å². The summed E-state index contributed by atoms with van der Waals surface area (Å²) in [6, 6.07) is 0. The third kappa shape index (κ3) is 4.44. The van der Waals surface area contributed by atoms with Gasteiger partial charge in [-0.3, -0.25) is 4.79 Å². The molecule has 1 amide bonds. The molecule has 0 spiro atoms. The molecule has 0 saturated carbocycles. The normalized spacial score (nSPS) is 12.4. The van der Waals surface area contributed by atoms with Gasteiger partial charge in [-0.15, -0.1) is 0 Å². The van der Waals surface area contributed by atoms with Crippen LogP contribution in [0.15, 0.2) is 12.4 Å². The third-order valence-corrected chi connectivity index (χ3v) is 2.50. The number of hydrogen-bond donors (Lipinski definition) is 3. The number of nitrogens with zero attached hydrogens (tertiary/aromatic N) is 1. The number of nitrogens with two attached hydrogens (primary N) is 1. The van der Waals surface area contributed by atoms with E-state index in [-0.39, 0.29) is 11.8 Å². The SMILES string of the molecule is CC(CCCN)C(=O)NCCc1ncc[nH]1. The van der Waals surface area contributed by atoms with Crippen LogP contribution in [0.25, 0.3) is 0 Å². The molecule has 0 fully saturated rings. The standard InChI is InChI=1S/C11H20N4O/c1-9(3-2-5-12)11(16)15-6-4-10-13-7-8-14-10/h7-9H,2-6,12H2,1H3,(H,13,14)(H,15,16). The van der Waals surface area contributed by atoms with Crippen molar-refractivity contribution < 1.29 is 4.79 Å². The molecule has 0 aromatic carbocycles. The van der Waals surface area contributed by atoms with Gasteiger partial charge in [-0.2, -0.15) is 0 Å². The molecule has 4 N–H and O–H groups in total. The predicted octanol–water partition coefficient (Wildman–Crippen LogP) is 0.443. The van der Waals surface area contributed by atoms with Crippen LogP contribution in [0, 0.1) is 5.92 Å². The van der Waals surface area contributed by atoms with E-state index in [0.717, 1.165) is 25.1 Å². The Bertz CT molecular complexity index is 297. The van der Waals surface area contributed by atoms with Crippen molar-refractivity contribution in [1.82, 2.24) is 15.3 Å². The smallest absolute Gasteiger partial charge is 0.222 e. The molecule has 1 aromatic heterocycles. The van der Waals surface area contributed by atoms with Gasteiger partial charge in [-0.1, -0.05) is 6.92 Å². The van der Waals surface area contributed by atoms with Gasteiger partial charge in [-0.25, -0.2) is 4.98 Å². The number of nitrogens with one attached hydrogen (secondary N) is 2. The van der Waals surface area contributed by atoms with Gasteiger partial charge in [0.1, 0.15) is 5.82 Å². The molecule has 1 unspecified atom stereocenters. The Morgan fingerprint density at radius 2 is 2.50 bits per heavy atom. The van der Waals surface area contributed by atoms with Gasteiger partial charge >= 0.3 is 0 Å². The largest absolute Gasteiger partial charge is 0.355 e. The lowest BCUT2D eigenvalue weighted by Crippen LogP contribution is -2.31. The fraction of sp³-hybridized carbons (Fsp3) is 0.636. The average molecular weight is 224 g/mol. The lowest BCUT2D eigenvalue weighted by molar-refractivity contribution is -0.124. The first-order chi connectivity index (χ1) is 7.74. The first-order valence-electron chi connectivity index (χ1n) is 5.70. The van der Waals surface area contributed by atoms with E-state index in [1.807, 2.05) is 6.92 Å². The van der Waals surface area contributed by atoms with Gasteiger partial charge in [-0.05, 0) is 19.4 Å². The van der Waals surface area contributed by atoms with Crippen molar-refractivity contribution in [3.63, 3.8) is 0 Å². The van der Waals surface area contributed by atoms with E-state index in [1.54, 1.807) is 12.4 Å². The second-order valence-corrected chi connectivity index (χ2v) is 3.91. The summed E-state index contributed by atoms with van der Waals surface area (Å²) in [6.45, 7) is 3.20. The van der Waals surface area contributed by atoms with Gasteiger partial charge in [0, 0.05) is 31.3 Å². The number of aromatic nitrogens is 2. The molecule has 16 heavy (non-hydrogen) atoms. The van der Waals surface area contributed by atoms with E-state index < -0.39 is 0 Å². The van der Waals surface area contributed by atoms with Crippen LogP contribution in [0.4, 0.5) is 0 Å². The van der Waals surface area contributed by atoms with E-state index in [2.05, 4.69) is 15.3 Å². The van der Waals surface area contributed by atoms with E-state index in [1.165, 1.54) is 0 Å². The summed E-state index contributed by atoms with van der Waals surface area (Å²) in [6.07, 6.45) is 5.97. The molecule has 0 bridgehead atoms. The van der Waals surface area contributed by atoms with E-state index in [9.17, 15) is 4.79 Å². The molecule has 0 saturated heterocycles. The van der Waals surface area contributed by atoms with Crippen molar-refractivity contribution >= 4 is 5.91 Å². The summed E-state index contributed by atoms with van der Waals surface area (Å²) in [5.41, 5.74) is 5.40. The maximum absolute atomic E-state index is 11.6. The zero-order chi connectivity index (χ0) is 11.8. The van der Waals surface area contributed by atoms with Gasteiger partial charge in [0.2, 0.25) is 5.91 Å². The van der Waals surface area contributed by atoms with Crippen LogP contribution in [0.3, 0.4) is 0 Å². The minimum Gasteiger partial charge on any atom is -0.355 e. The van der Waals surface area contributed by atoms with Crippen LogP contribution >= 0.6 is 0 Å². The number of carbonyl (C=O) groups excluding carboxylic acids is 1. The van der Waals surface area contributed by atoms with Crippen molar-refractivity contribution in [1.29, 1.82) is 0 Å². The summed E-state index contributed by atoms with van der Waals surface area (Å²) in [5.74, 6) is 1.04. The fourth-order valence-corrected chi connectivity index (χ4v) is 1.47. The van der Waals surface area contributed by atoms with E-state index >= 15 is 0 Å². The third-order valence-electron chi connectivity index (χ3n) is 2.50. The number of carbonyl (C=O) groups is 1. The lowest BCUT2D eigenvalue weighted by Gasteiger charge is -2.10. The summed E-state index contributed by atoms with van der Waals surface area (Å²) >= 11 is 0. The Labute approximate surface area is 95.8 Å². The molecule has 0 aliphatic carbocycles. The molecule has 1 aromatic rings. The van der Waals surface area contributed by atoms with E-state index in [4.69, 9.17) is 5.73 Å². The molecule has 0 radical (unpaired) electrons. The Kier molecular flexibility index (Phi) is 5.56. The van der Waals surface area contributed by atoms with Gasteiger partial charge < -0.3 is 16.0 Å². The molecule has 90 valence electrons. The van der Waals surface area contributed by atoms with Crippen LogP contribution in [-0.2, 0) is 11.2 Å². The predicted molar refractivity (Wildman–Crippen MR) is 62.8 cm³/mol. The fourth-order valence-electron chi connectivity index (χ4n) is 1.47. The maximum atomic E-state index is 11.6. The van der Waals surface area contributed by atoms with Crippen molar-refractivity contribution in [2.24, 2.45) is 11.7 Å². The first kappa shape index (κ1) is 12.7. The van der Waals surface area contributed by atoms with Gasteiger partial charge in [0.25, 0.3) is 0 Å². The summed E-state index contributed by atoms with van der Waals surface area (Å²) in [4.78, 5) is 18.7. The number of hydrogen-bond acceptors (Lipinski definition) is 3. The van der Waals surface area contributed by atoms with Crippen LogP contribution < -0.4 is 11.1 Å². The number of H-pyrrole nitrogens is 1. The zero-order valence-electron chi connectivity index (χ0n) is 9.70.